The second kappa shape index (κ2) is 8.17. The van der Waals surface area contributed by atoms with Crippen LogP contribution in [0.2, 0.25) is 0 Å². The second-order valence-corrected chi connectivity index (χ2v) is 6.91. The van der Waals surface area contributed by atoms with Crippen molar-refractivity contribution < 1.29 is 9.59 Å². The summed E-state index contributed by atoms with van der Waals surface area (Å²) in [6.45, 7) is 4.08. The van der Waals surface area contributed by atoms with Gasteiger partial charge in [0.15, 0.2) is 0 Å². The minimum Gasteiger partial charge on any atom is -0.324 e. The van der Waals surface area contributed by atoms with E-state index in [0.29, 0.717) is 12.8 Å². The number of nitrogens with zero attached hydrogens (tertiary/aromatic N) is 1. The van der Waals surface area contributed by atoms with Gasteiger partial charge in [0.05, 0.1) is 0 Å². The van der Waals surface area contributed by atoms with Crippen LogP contribution in [0.15, 0.2) is 48.5 Å². The molecule has 4 heteroatoms. The molecule has 0 fully saturated rings. The standard InChI is InChI=1S/C22H26N2O2/c1-3-4-9-21(25)24-19-8-6-5-7-17(19)12-15-20(24)22(26)23-18-13-10-16(2)11-14-18/h5-8,10-11,13-14,20H,3-4,9,12,15H2,1-2H3,(H,23,26). The fraction of sp³-hybridized carbons (Fsp3) is 0.364. The molecule has 3 rings (SSSR count). The number of hydrogen-bond donors (Lipinski definition) is 1. The average Bonchev–Trinajstić information content (AvgIpc) is 2.66. The predicted octanol–water partition coefficient (Wildman–Crippen LogP) is 4.47. The van der Waals surface area contributed by atoms with Crippen LogP contribution in [0.4, 0.5) is 11.4 Å². The fourth-order valence-corrected chi connectivity index (χ4v) is 3.41. The zero-order valence-corrected chi connectivity index (χ0v) is 15.5. The lowest BCUT2D eigenvalue weighted by Crippen LogP contribution is -2.50. The van der Waals surface area contributed by atoms with E-state index >= 15 is 0 Å². The van der Waals surface area contributed by atoms with E-state index in [4.69, 9.17) is 0 Å². The Kier molecular flexibility index (Phi) is 5.71. The van der Waals surface area contributed by atoms with Crippen molar-refractivity contribution in [3.63, 3.8) is 0 Å². The number of unbranched alkanes of at least 4 members (excludes halogenated alkanes) is 1. The molecule has 0 aromatic heterocycles. The Morgan fingerprint density at radius 2 is 1.85 bits per heavy atom. The number of amides is 2. The van der Waals surface area contributed by atoms with Gasteiger partial charge in [0.2, 0.25) is 11.8 Å². The van der Waals surface area contributed by atoms with Crippen LogP contribution in [0.25, 0.3) is 0 Å². The molecule has 0 saturated carbocycles. The first-order chi connectivity index (χ1) is 12.6. The van der Waals surface area contributed by atoms with Gasteiger partial charge in [0.25, 0.3) is 0 Å². The first kappa shape index (κ1) is 18.2. The van der Waals surface area contributed by atoms with Gasteiger partial charge < -0.3 is 5.32 Å². The molecule has 1 unspecified atom stereocenters. The Hall–Kier alpha value is -2.62. The van der Waals surface area contributed by atoms with E-state index in [1.165, 1.54) is 0 Å². The second-order valence-electron chi connectivity index (χ2n) is 6.91. The van der Waals surface area contributed by atoms with Gasteiger partial charge in [-0.1, -0.05) is 49.2 Å². The van der Waals surface area contributed by atoms with Crippen molar-refractivity contribution in [2.45, 2.75) is 52.0 Å². The van der Waals surface area contributed by atoms with Crippen LogP contribution in [-0.4, -0.2) is 17.9 Å². The van der Waals surface area contributed by atoms with Gasteiger partial charge in [-0.2, -0.15) is 0 Å². The molecule has 0 aliphatic carbocycles. The molecule has 1 N–H and O–H groups in total. The third-order valence-corrected chi connectivity index (χ3v) is 4.88. The quantitative estimate of drug-likeness (QED) is 0.865. The maximum atomic E-state index is 12.9. The molecule has 1 aliphatic rings. The number of anilines is 2. The molecule has 1 atom stereocenters. The van der Waals surface area contributed by atoms with Crippen molar-refractivity contribution in [2.24, 2.45) is 0 Å². The third kappa shape index (κ3) is 3.96. The summed E-state index contributed by atoms with van der Waals surface area (Å²) in [5.41, 5.74) is 3.92. The zero-order valence-electron chi connectivity index (χ0n) is 15.5. The Bertz CT molecular complexity index is 783. The summed E-state index contributed by atoms with van der Waals surface area (Å²) in [4.78, 5) is 27.5. The third-order valence-electron chi connectivity index (χ3n) is 4.88. The highest BCUT2D eigenvalue weighted by molar-refractivity contribution is 6.05. The minimum atomic E-state index is -0.462. The zero-order chi connectivity index (χ0) is 18.5. The lowest BCUT2D eigenvalue weighted by Gasteiger charge is -2.36. The number of para-hydroxylation sites is 1. The lowest BCUT2D eigenvalue weighted by atomic mass is 9.94. The Labute approximate surface area is 155 Å². The summed E-state index contributed by atoms with van der Waals surface area (Å²) in [5, 5.41) is 2.98. The molecule has 26 heavy (non-hydrogen) atoms. The van der Waals surface area contributed by atoms with Crippen molar-refractivity contribution in [1.82, 2.24) is 0 Å². The predicted molar refractivity (Wildman–Crippen MR) is 105 cm³/mol. The summed E-state index contributed by atoms with van der Waals surface area (Å²) >= 11 is 0. The maximum absolute atomic E-state index is 12.9. The number of fused-ring (bicyclic) bond motifs is 1. The summed E-state index contributed by atoms with van der Waals surface area (Å²) in [5.74, 6) is -0.0868. The Morgan fingerprint density at radius 1 is 1.12 bits per heavy atom. The molecule has 0 spiro atoms. The van der Waals surface area contributed by atoms with Gasteiger partial charge in [-0.25, -0.2) is 0 Å². The molecule has 4 nitrogen and oxygen atoms in total. The van der Waals surface area contributed by atoms with Gasteiger partial charge >= 0.3 is 0 Å². The molecule has 1 heterocycles. The normalized spacial score (nSPS) is 16.1. The van der Waals surface area contributed by atoms with Crippen LogP contribution < -0.4 is 10.2 Å². The van der Waals surface area contributed by atoms with Crippen molar-refractivity contribution >= 4 is 23.2 Å². The number of hydrogen-bond acceptors (Lipinski definition) is 2. The van der Waals surface area contributed by atoms with Gasteiger partial charge in [-0.3, -0.25) is 14.5 Å². The van der Waals surface area contributed by atoms with E-state index in [9.17, 15) is 9.59 Å². The van der Waals surface area contributed by atoms with Crippen LogP contribution >= 0.6 is 0 Å². The van der Waals surface area contributed by atoms with Crippen LogP contribution in [-0.2, 0) is 16.0 Å². The number of nitrogens with one attached hydrogen (secondary N) is 1. The molecule has 1 aliphatic heterocycles. The molecular formula is C22H26N2O2. The van der Waals surface area contributed by atoms with Crippen molar-refractivity contribution in [3.05, 3.63) is 59.7 Å². The Morgan fingerprint density at radius 3 is 2.58 bits per heavy atom. The summed E-state index contributed by atoms with van der Waals surface area (Å²) < 4.78 is 0. The number of aryl methyl sites for hydroxylation is 2. The van der Waals surface area contributed by atoms with Crippen LogP contribution in [0, 0.1) is 6.92 Å². The van der Waals surface area contributed by atoms with E-state index < -0.39 is 6.04 Å². The van der Waals surface area contributed by atoms with Gasteiger partial charge in [0.1, 0.15) is 6.04 Å². The van der Waals surface area contributed by atoms with E-state index in [1.54, 1.807) is 4.90 Å². The van der Waals surface area contributed by atoms with Gasteiger partial charge in [-0.15, -0.1) is 0 Å². The Balaban J connectivity index is 1.85. The highest BCUT2D eigenvalue weighted by atomic mass is 16.2. The smallest absolute Gasteiger partial charge is 0.247 e. The largest absolute Gasteiger partial charge is 0.324 e. The summed E-state index contributed by atoms with van der Waals surface area (Å²) in [6, 6.07) is 15.2. The van der Waals surface area contributed by atoms with Crippen molar-refractivity contribution in [1.29, 1.82) is 0 Å². The first-order valence-corrected chi connectivity index (χ1v) is 9.37. The van der Waals surface area contributed by atoms with E-state index in [2.05, 4.69) is 12.2 Å². The van der Waals surface area contributed by atoms with Crippen LogP contribution in [0.1, 0.15) is 43.7 Å². The number of rotatable bonds is 5. The van der Waals surface area contributed by atoms with E-state index in [1.807, 2.05) is 55.5 Å². The topological polar surface area (TPSA) is 49.4 Å². The number of carbonyl (C=O) groups excluding carboxylic acids is 2. The highest BCUT2D eigenvalue weighted by Gasteiger charge is 2.35. The summed E-state index contributed by atoms with van der Waals surface area (Å²) in [6.07, 6.45) is 3.72. The first-order valence-electron chi connectivity index (χ1n) is 9.37. The number of benzene rings is 2. The highest BCUT2D eigenvalue weighted by Crippen LogP contribution is 2.32. The molecule has 136 valence electrons. The van der Waals surface area contributed by atoms with Crippen LogP contribution in [0.5, 0.6) is 0 Å². The lowest BCUT2D eigenvalue weighted by molar-refractivity contribution is -0.124. The monoisotopic (exact) mass is 350 g/mol. The van der Waals surface area contributed by atoms with Gasteiger partial charge in [0, 0.05) is 17.8 Å². The molecule has 0 radical (unpaired) electrons. The molecule has 2 amide bonds. The minimum absolute atomic E-state index is 0.0306. The molecule has 0 saturated heterocycles. The molecule has 0 bridgehead atoms. The van der Waals surface area contributed by atoms with Crippen molar-refractivity contribution in [3.8, 4) is 0 Å². The van der Waals surface area contributed by atoms with E-state index in [0.717, 1.165) is 41.8 Å². The maximum Gasteiger partial charge on any atom is 0.247 e. The van der Waals surface area contributed by atoms with Crippen LogP contribution in [0.3, 0.4) is 0 Å². The van der Waals surface area contributed by atoms with Gasteiger partial charge in [-0.05, 0) is 49.9 Å². The fourth-order valence-electron chi connectivity index (χ4n) is 3.41. The van der Waals surface area contributed by atoms with E-state index in [-0.39, 0.29) is 11.8 Å². The average molecular weight is 350 g/mol. The SMILES string of the molecule is CCCCC(=O)N1c2ccccc2CCC1C(=O)Nc1ccc(C)cc1. The molecular weight excluding hydrogens is 324 g/mol. The molecule has 2 aromatic rings. The van der Waals surface area contributed by atoms with Crippen molar-refractivity contribution in [2.75, 3.05) is 10.2 Å². The number of carbonyl (C=O) groups is 2. The summed E-state index contributed by atoms with van der Waals surface area (Å²) in [7, 11) is 0. The molecule has 2 aromatic carbocycles.